The van der Waals surface area contributed by atoms with E-state index in [9.17, 15) is 14.4 Å². The van der Waals surface area contributed by atoms with Crippen molar-refractivity contribution >= 4 is 16.8 Å². The van der Waals surface area contributed by atoms with Crippen molar-refractivity contribution < 1.29 is 14.3 Å². The average molecular weight is 446 g/mol. The fourth-order valence-electron chi connectivity index (χ4n) is 3.45. The lowest BCUT2D eigenvalue weighted by Crippen LogP contribution is -2.35. The topological polar surface area (TPSA) is 115 Å². The van der Waals surface area contributed by atoms with Crippen LogP contribution in [0.4, 0.5) is 0 Å². The minimum Gasteiger partial charge on any atom is -0.493 e. The van der Waals surface area contributed by atoms with E-state index in [2.05, 4.69) is 15.3 Å². The van der Waals surface area contributed by atoms with E-state index in [1.54, 1.807) is 54.9 Å². The van der Waals surface area contributed by atoms with Crippen molar-refractivity contribution in [1.29, 1.82) is 0 Å². The Bertz CT molecular complexity index is 1410. The third-order valence-corrected chi connectivity index (χ3v) is 5.22. The molecule has 2 aromatic heterocycles. The van der Waals surface area contributed by atoms with Crippen molar-refractivity contribution in [2.45, 2.75) is 13.1 Å². The Morgan fingerprint density at radius 3 is 2.42 bits per heavy atom. The molecule has 2 N–H and O–H groups in total. The third kappa shape index (κ3) is 4.62. The molecule has 33 heavy (non-hydrogen) atoms. The van der Waals surface area contributed by atoms with Crippen molar-refractivity contribution in [2.24, 2.45) is 0 Å². The molecule has 0 radical (unpaired) electrons. The van der Waals surface area contributed by atoms with Crippen LogP contribution in [0.1, 0.15) is 21.5 Å². The molecule has 4 aromatic rings. The van der Waals surface area contributed by atoms with Crippen LogP contribution in [0.5, 0.6) is 11.5 Å². The predicted molar refractivity (Wildman–Crippen MR) is 123 cm³/mol. The SMILES string of the molecule is COc1cc2[nH]c(=O)n(Cc3ccc(C(=O)NCc4cccnc4)cc3)c(=O)c2cc1OC. The Morgan fingerprint density at radius 2 is 1.76 bits per heavy atom. The molecule has 0 fully saturated rings. The molecule has 0 saturated heterocycles. The smallest absolute Gasteiger partial charge is 0.329 e. The Hall–Kier alpha value is -4.40. The van der Waals surface area contributed by atoms with Gasteiger partial charge in [0, 0.05) is 30.6 Å². The molecule has 0 saturated carbocycles. The molecule has 0 bridgehead atoms. The number of carbonyl (C=O) groups is 1. The zero-order valence-corrected chi connectivity index (χ0v) is 18.1. The molecule has 2 aromatic carbocycles. The lowest BCUT2D eigenvalue weighted by Gasteiger charge is -2.11. The van der Waals surface area contributed by atoms with Gasteiger partial charge in [0.15, 0.2) is 11.5 Å². The normalized spacial score (nSPS) is 10.7. The number of carbonyl (C=O) groups excluding carboxylic acids is 1. The van der Waals surface area contributed by atoms with Crippen LogP contribution >= 0.6 is 0 Å². The second-order valence-electron chi connectivity index (χ2n) is 7.32. The number of hydrogen-bond donors (Lipinski definition) is 2. The monoisotopic (exact) mass is 446 g/mol. The summed E-state index contributed by atoms with van der Waals surface area (Å²) in [6.07, 6.45) is 3.36. The molecule has 0 aliphatic rings. The molecule has 2 heterocycles. The van der Waals surface area contributed by atoms with Crippen molar-refractivity contribution in [3.05, 3.63) is 98.5 Å². The number of aromatic nitrogens is 3. The summed E-state index contributed by atoms with van der Waals surface area (Å²) >= 11 is 0. The zero-order valence-electron chi connectivity index (χ0n) is 18.1. The Labute approximate surface area is 188 Å². The molecule has 9 heteroatoms. The van der Waals surface area contributed by atoms with E-state index in [4.69, 9.17) is 9.47 Å². The van der Waals surface area contributed by atoms with Crippen molar-refractivity contribution in [3.63, 3.8) is 0 Å². The predicted octanol–water partition coefficient (Wildman–Crippen LogP) is 2.08. The quantitative estimate of drug-likeness (QED) is 0.449. The highest BCUT2D eigenvalue weighted by atomic mass is 16.5. The molecule has 0 aliphatic carbocycles. The first-order valence-electron chi connectivity index (χ1n) is 10.1. The molecular formula is C24H22N4O5. The summed E-state index contributed by atoms with van der Waals surface area (Å²) in [6, 6.07) is 13.5. The van der Waals surface area contributed by atoms with Crippen LogP contribution in [0, 0.1) is 0 Å². The maximum atomic E-state index is 13.0. The van der Waals surface area contributed by atoms with E-state index in [1.165, 1.54) is 14.2 Å². The lowest BCUT2D eigenvalue weighted by atomic mass is 10.1. The van der Waals surface area contributed by atoms with Gasteiger partial charge in [-0.3, -0.25) is 19.1 Å². The van der Waals surface area contributed by atoms with Crippen molar-refractivity contribution in [1.82, 2.24) is 19.9 Å². The fourth-order valence-corrected chi connectivity index (χ4v) is 3.45. The van der Waals surface area contributed by atoms with E-state index in [0.717, 1.165) is 10.1 Å². The molecule has 4 rings (SSSR count). The van der Waals surface area contributed by atoms with Gasteiger partial charge in [-0.2, -0.15) is 0 Å². The third-order valence-electron chi connectivity index (χ3n) is 5.22. The minimum absolute atomic E-state index is 0.0516. The molecule has 1 amide bonds. The van der Waals surface area contributed by atoms with Gasteiger partial charge in [0.05, 0.1) is 31.7 Å². The first-order chi connectivity index (χ1) is 16.0. The summed E-state index contributed by atoms with van der Waals surface area (Å²) in [5.74, 6) is 0.574. The van der Waals surface area contributed by atoms with E-state index in [-0.39, 0.29) is 12.5 Å². The summed E-state index contributed by atoms with van der Waals surface area (Å²) in [6.45, 7) is 0.417. The highest BCUT2D eigenvalue weighted by molar-refractivity contribution is 5.94. The van der Waals surface area contributed by atoms with Crippen LogP contribution in [0.25, 0.3) is 10.9 Å². The van der Waals surface area contributed by atoms with E-state index < -0.39 is 11.2 Å². The summed E-state index contributed by atoms with van der Waals surface area (Å²) in [7, 11) is 2.95. The van der Waals surface area contributed by atoms with E-state index in [1.807, 2.05) is 6.07 Å². The highest BCUT2D eigenvalue weighted by Gasteiger charge is 2.13. The number of nitrogens with zero attached hydrogens (tertiary/aromatic N) is 2. The van der Waals surface area contributed by atoms with Crippen LogP contribution < -0.4 is 26.0 Å². The summed E-state index contributed by atoms with van der Waals surface area (Å²) < 4.78 is 11.6. The molecule has 0 atom stereocenters. The first-order valence-corrected chi connectivity index (χ1v) is 10.1. The Kier molecular flexibility index (Phi) is 6.21. The van der Waals surface area contributed by atoms with Gasteiger partial charge in [0.2, 0.25) is 0 Å². The number of nitrogens with one attached hydrogen (secondary N) is 2. The summed E-state index contributed by atoms with van der Waals surface area (Å²) in [5, 5.41) is 3.14. The number of ether oxygens (including phenoxy) is 2. The number of rotatable bonds is 7. The van der Waals surface area contributed by atoms with Gasteiger partial charge in [0.25, 0.3) is 11.5 Å². The fraction of sp³-hybridized carbons (Fsp3) is 0.167. The maximum Gasteiger partial charge on any atom is 0.329 e. The minimum atomic E-state index is -0.544. The van der Waals surface area contributed by atoms with Gasteiger partial charge in [-0.15, -0.1) is 0 Å². The maximum absolute atomic E-state index is 13.0. The van der Waals surface area contributed by atoms with Gasteiger partial charge in [0.1, 0.15) is 0 Å². The van der Waals surface area contributed by atoms with Crippen LogP contribution in [-0.2, 0) is 13.1 Å². The number of aromatic amines is 1. The van der Waals surface area contributed by atoms with Gasteiger partial charge in [-0.05, 0) is 35.4 Å². The number of methoxy groups -OCH3 is 2. The molecule has 0 unspecified atom stereocenters. The van der Waals surface area contributed by atoms with Gasteiger partial charge >= 0.3 is 5.69 Å². The Morgan fingerprint density at radius 1 is 1.03 bits per heavy atom. The standard InChI is InChI=1S/C24H22N4O5/c1-32-20-10-18-19(11-21(20)33-2)27-24(31)28(23(18)30)14-15-5-7-17(8-6-15)22(29)26-13-16-4-3-9-25-12-16/h3-12H,13-14H2,1-2H3,(H,26,29)(H,27,31). The number of H-pyrrole nitrogens is 1. The number of fused-ring (bicyclic) bond motifs is 1. The van der Waals surface area contributed by atoms with Gasteiger partial charge < -0.3 is 19.8 Å². The second-order valence-corrected chi connectivity index (χ2v) is 7.32. The van der Waals surface area contributed by atoms with Crippen molar-refractivity contribution in [3.8, 4) is 11.5 Å². The van der Waals surface area contributed by atoms with Crippen LogP contribution in [0.3, 0.4) is 0 Å². The largest absolute Gasteiger partial charge is 0.493 e. The second kappa shape index (κ2) is 9.39. The van der Waals surface area contributed by atoms with Crippen molar-refractivity contribution in [2.75, 3.05) is 14.2 Å². The number of benzene rings is 2. The summed E-state index contributed by atoms with van der Waals surface area (Å²) in [4.78, 5) is 44.7. The molecule has 168 valence electrons. The zero-order chi connectivity index (χ0) is 23.4. The van der Waals surface area contributed by atoms with Crippen LogP contribution in [0.2, 0.25) is 0 Å². The number of pyridine rings is 1. The Balaban J connectivity index is 1.55. The average Bonchev–Trinajstić information content (AvgIpc) is 2.85. The molecule has 9 nitrogen and oxygen atoms in total. The van der Waals surface area contributed by atoms with Crippen LogP contribution in [-0.4, -0.2) is 34.7 Å². The van der Waals surface area contributed by atoms with E-state index >= 15 is 0 Å². The van der Waals surface area contributed by atoms with Gasteiger partial charge in [-0.1, -0.05) is 18.2 Å². The highest BCUT2D eigenvalue weighted by Crippen LogP contribution is 2.29. The molecular weight excluding hydrogens is 424 g/mol. The lowest BCUT2D eigenvalue weighted by molar-refractivity contribution is 0.0951. The van der Waals surface area contributed by atoms with Gasteiger partial charge in [-0.25, -0.2) is 4.79 Å². The number of amides is 1. The number of hydrogen-bond acceptors (Lipinski definition) is 6. The summed E-state index contributed by atoms with van der Waals surface area (Å²) in [5.41, 5.74) is 1.43. The molecule has 0 spiro atoms. The van der Waals surface area contributed by atoms with E-state index in [0.29, 0.717) is 40.1 Å². The first kappa shape index (κ1) is 21.8. The van der Waals surface area contributed by atoms with Crippen LogP contribution in [0.15, 0.2) is 70.5 Å². The molecule has 0 aliphatic heterocycles.